The molecule has 3 heterocycles. The maximum atomic E-state index is 12.8. The van der Waals surface area contributed by atoms with Gasteiger partial charge in [0.25, 0.3) is 0 Å². The van der Waals surface area contributed by atoms with Crippen LogP contribution in [-0.2, 0) is 16.0 Å². The Balaban J connectivity index is 1.31. The van der Waals surface area contributed by atoms with Crippen molar-refractivity contribution in [2.45, 2.75) is 45.1 Å². The standard InChI is InChI=1S/C21H27N5O3S/c1-2-29-16-9-7-15(8-10-16)11-12-22-19(28)17-5-3-13-25(17)20-23-24-21(30-20)26-14-4-6-18(26)27/h7-10,17H,2-6,11-14H2,1H3,(H,22,28)/t17-/m0/s1. The van der Waals surface area contributed by atoms with E-state index in [1.807, 2.05) is 36.1 Å². The molecule has 2 amide bonds. The van der Waals surface area contributed by atoms with Gasteiger partial charge in [0, 0.05) is 26.1 Å². The van der Waals surface area contributed by atoms with Gasteiger partial charge in [-0.3, -0.25) is 14.5 Å². The van der Waals surface area contributed by atoms with E-state index in [4.69, 9.17) is 4.74 Å². The lowest BCUT2D eigenvalue weighted by atomic mass is 10.1. The molecule has 2 aromatic rings. The Labute approximate surface area is 180 Å². The fourth-order valence-corrected chi connectivity index (χ4v) is 4.88. The maximum Gasteiger partial charge on any atom is 0.242 e. The number of aromatic nitrogens is 2. The Morgan fingerprint density at radius 2 is 2.00 bits per heavy atom. The smallest absolute Gasteiger partial charge is 0.242 e. The average molecular weight is 430 g/mol. The molecule has 0 radical (unpaired) electrons. The van der Waals surface area contributed by atoms with Gasteiger partial charge in [-0.25, -0.2) is 0 Å². The van der Waals surface area contributed by atoms with Gasteiger partial charge in [-0.1, -0.05) is 23.5 Å². The van der Waals surface area contributed by atoms with Gasteiger partial charge in [0.15, 0.2) is 0 Å². The van der Waals surface area contributed by atoms with E-state index in [0.717, 1.165) is 43.5 Å². The molecule has 1 N–H and O–H groups in total. The second kappa shape index (κ2) is 9.42. The zero-order valence-corrected chi connectivity index (χ0v) is 18.0. The average Bonchev–Trinajstić information content (AvgIpc) is 3.49. The second-order valence-electron chi connectivity index (χ2n) is 7.49. The van der Waals surface area contributed by atoms with Crippen LogP contribution in [0.25, 0.3) is 0 Å². The number of carbonyl (C=O) groups excluding carboxylic acids is 2. The molecule has 0 bridgehead atoms. The summed E-state index contributed by atoms with van der Waals surface area (Å²) in [5.41, 5.74) is 1.16. The Morgan fingerprint density at radius 3 is 2.73 bits per heavy atom. The molecule has 30 heavy (non-hydrogen) atoms. The Bertz CT molecular complexity index is 885. The summed E-state index contributed by atoms with van der Waals surface area (Å²) < 4.78 is 5.46. The monoisotopic (exact) mass is 429 g/mol. The summed E-state index contributed by atoms with van der Waals surface area (Å²) in [5.74, 6) is 0.981. The number of nitrogens with one attached hydrogen (secondary N) is 1. The number of rotatable bonds is 8. The fraction of sp³-hybridized carbons (Fsp3) is 0.524. The predicted octanol–water partition coefficient (Wildman–Crippen LogP) is 2.39. The van der Waals surface area contributed by atoms with Crippen LogP contribution in [0, 0.1) is 0 Å². The van der Waals surface area contributed by atoms with Crippen molar-refractivity contribution >= 4 is 33.4 Å². The first-order valence-corrected chi connectivity index (χ1v) is 11.4. The van der Waals surface area contributed by atoms with Gasteiger partial charge in [0.2, 0.25) is 22.1 Å². The van der Waals surface area contributed by atoms with Crippen LogP contribution in [0.2, 0.25) is 0 Å². The Hall–Kier alpha value is -2.68. The number of hydrogen-bond donors (Lipinski definition) is 1. The van der Waals surface area contributed by atoms with Gasteiger partial charge in [0.1, 0.15) is 11.8 Å². The van der Waals surface area contributed by atoms with Gasteiger partial charge in [-0.05, 0) is 50.3 Å². The molecule has 8 nitrogen and oxygen atoms in total. The van der Waals surface area contributed by atoms with E-state index >= 15 is 0 Å². The van der Waals surface area contributed by atoms with Gasteiger partial charge >= 0.3 is 0 Å². The lowest BCUT2D eigenvalue weighted by Crippen LogP contribution is -2.44. The lowest BCUT2D eigenvalue weighted by Gasteiger charge is -2.22. The molecule has 160 valence electrons. The molecule has 2 fully saturated rings. The summed E-state index contributed by atoms with van der Waals surface area (Å²) >= 11 is 1.40. The highest BCUT2D eigenvalue weighted by Gasteiger charge is 2.34. The summed E-state index contributed by atoms with van der Waals surface area (Å²) in [4.78, 5) is 28.5. The van der Waals surface area contributed by atoms with Gasteiger partial charge < -0.3 is 15.0 Å². The lowest BCUT2D eigenvalue weighted by molar-refractivity contribution is -0.122. The molecule has 0 unspecified atom stereocenters. The quantitative estimate of drug-likeness (QED) is 0.693. The molecular weight excluding hydrogens is 402 g/mol. The van der Waals surface area contributed by atoms with E-state index < -0.39 is 0 Å². The summed E-state index contributed by atoms with van der Waals surface area (Å²) in [7, 11) is 0. The molecule has 0 saturated carbocycles. The number of anilines is 2. The van der Waals surface area contributed by atoms with Crippen LogP contribution < -0.4 is 19.9 Å². The molecular formula is C21H27N5O3S. The molecule has 1 atom stereocenters. The van der Waals surface area contributed by atoms with Crippen LogP contribution in [0.1, 0.15) is 38.2 Å². The van der Waals surface area contributed by atoms with Gasteiger partial charge in [0.05, 0.1) is 6.61 Å². The summed E-state index contributed by atoms with van der Waals surface area (Å²) in [6.45, 7) is 4.67. The predicted molar refractivity (Wildman–Crippen MR) is 116 cm³/mol. The van der Waals surface area contributed by atoms with E-state index in [1.165, 1.54) is 11.3 Å². The van der Waals surface area contributed by atoms with E-state index in [9.17, 15) is 9.59 Å². The Morgan fingerprint density at radius 1 is 1.20 bits per heavy atom. The minimum atomic E-state index is -0.236. The number of hydrogen-bond acceptors (Lipinski definition) is 7. The van der Waals surface area contributed by atoms with Crippen LogP contribution in [0.15, 0.2) is 24.3 Å². The summed E-state index contributed by atoms with van der Waals surface area (Å²) in [5, 5.41) is 12.9. The fourth-order valence-electron chi connectivity index (χ4n) is 3.92. The molecule has 9 heteroatoms. The van der Waals surface area contributed by atoms with E-state index in [2.05, 4.69) is 15.5 Å². The number of carbonyl (C=O) groups is 2. The number of nitrogens with zero attached hydrogens (tertiary/aromatic N) is 4. The van der Waals surface area contributed by atoms with Crippen LogP contribution in [0.5, 0.6) is 5.75 Å². The number of ether oxygens (including phenoxy) is 1. The maximum absolute atomic E-state index is 12.8. The summed E-state index contributed by atoms with van der Waals surface area (Å²) in [6.07, 6.45) is 3.93. The van der Waals surface area contributed by atoms with Crippen LogP contribution in [0.3, 0.4) is 0 Å². The molecule has 2 aliphatic heterocycles. The van der Waals surface area contributed by atoms with Crippen molar-refractivity contribution in [2.75, 3.05) is 36.0 Å². The minimum absolute atomic E-state index is 0.0208. The largest absolute Gasteiger partial charge is 0.494 e. The van der Waals surface area contributed by atoms with Crippen molar-refractivity contribution in [2.24, 2.45) is 0 Å². The van der Waals surface area contributed by atoms with Crippen LogP contribution in [0.4, 0.5) is 10.3 Å². The van der Waals surface area contributed by atoms with Crippen molar-refractivity contribution < 1.29 is 14.3 Å². The van der Waals surface area contributed by atoms with Crippen LogP contribution in [-0.4, -0.2) is 54.3 Å². The highest BCUT2D eigenvalue weighted by atomic mass is 32.1. The first kappa shape index (κ1) is 20.6. The third kappa shape index (κ3) is 4.56. The molecule has 1 aromatic heterocycles. The van der Waals surface area contributed by atoms with E-state index in [-0.39, 0.29) is 17.9 Å². The zero-order valence-electron chi connectivity index (χ0n) is 17.2. The van der Waals surface area contributed by atoms with E-state index in [1.54, 1.807) is 4.90 Å². The molecule has 0 spiro atoms. The van der Waals surface area contributed by atoms with Crippen LogP contribution >= 0.6 is 11.3 Å². The number of amides is 2. The highest BCUT2D eigenvalue weighted by molar-refractivity contribution is 7.19. The molecule has 2 saturated heterocycles. The zero-order chi connectivity index (χ0) is 20.9. The third-order valence-corrected chi connectivity index (χ3v) is 6.44. The minimum Gasteiger partial charge on any atom is -0.494 e. The van der Waals surface area contributed by atoms with Gasteiger partial charge in [-0.2, -0.15) is 0 Å². The Kier molecular flexibility index (Phi) is 6.47. The van der Waals surface area contributed by atoms with Crippen molar-refractivity contribution in [1.29, 1.82) is 0 Å². The molecule has 4 rings (SSSR count). The SMILES string of the molecule is CCOc1ccc(CCNC(=O)[C@@H]2CCCN2c2nnc(N3CCCC3=O)s2)cc1. The molecule has 1 aromatic carbocycles. The van der Waals surface area contributed by atoms with Crippen molar-refractivity contribution in [1.82, 2.24) is 15.5 Å². The van der Waals surface area contributed by atoms with Crippen molar-refractivity contribution in [3.63, 3.8) is 0 Å². The first-order valence-electron chi connectivity index (χ1n) is 10.6. The highest BCUT2D eigenvalue weighted by Crippen LogP contribution is 2.33. The van der Waals surface area contributed by atoms with Crippen molar-refractivity contribution in [3.8, 4) is 5.75 Å². The molecule has 2 aliphatic rings. The molecule has 0 aliphatic carbocycles. The summed E-state index contributed by atoms with van der Waals surface area (Å²) in [6, 6.07) is 7.73. The van der Waals surface area contributed by atoms with E-state index in [0.29, 0.717) is 36.4 Å². The number of benzene rings is 1. The topological polar surface area (TPSA) is 87.7 Å². The third-order valence-electron chi connectivity index (χ3n) is 5.46. The van der Waals surface area contributed by atoms with Crippen molar-refractivity contribution in [3.05, 3.63) is 29.8 Å². The first-order chi connectivity index (χ1) is 14.7. The normalized spacial score (nSPS) is 18.8. The second-order valence-corrected chi connectivity index (χ2v) is 8.42. The van der Waals surface area contributed by atoms with Gasteiger partial charge in [-0.15, -0.1) is 10.2 Å².